The number of alkyl halides is 3. The number of hydrogen-bond donors (Lipinski definition) is 2. The number of carbonyl (C=O) groups excluding carboxylic acids is 1. The van der Waals surface area contributed by atoms with Gasteiger partial charge in [0.1, 0.15) is 17.4 Å². The van der Waals surface area contributed by atoms with E-state index in [2.05, 4.69) is 25.5 Å². The van der Waals surface area contributed by atoms with E-state index < -0.39 is 17.6 Å². The molecule has 5 rings (SSSR count). The lowest BCUT2D eigenvalue weighted by Crippen LogP contribution is -2.17. The number of halogens is 3. The van der Waals surface area contributed by atoms with Crippen molar-refractivity contribution in [1.29, 1.82) is 0 Å². The van der Waals surface area contributed by atoms with Gasteiger partial charge in [-0.25, -0.2) is 9.97 Å². The van der Waals surface area contributed by atoms with Crippen molar-refractivity contribution >= 4 is 11.7 Å². The van der Waals surface area contributed by atoms with Crippen molar-refractivity contribution in [2.75, 3.05) is 25.1 Å². The minimum atomic E-state index is -4.57. The zero-order valence-corrected chi connectivity index (χ0v) is 22.3. The van der Waals surface area contributed by atoms with Gasteiger partial charge in [-0.15, -0.1) is 5.10 Å². The first-order valence-corrected chi connectivity index (χ1v) is 14.0. The number of aromatic amines is 1. The van der Waals surface area contributed by atoms with Crippen LogP contribution in [0.3, 0.4) is 0 Å². The standard InChI is InChI=1S/C29H34F3N5O3/c30-29(31,32)24-7-6-22(40-15-11-19-9-13-39-14-10-19)18-23(24)21-8-12-33-25(17-21)35-28(38)27-34-26(36-37-27)16-20-4-2-1-3-5-20/h6-8,12,17-20H,1-5,9-11,13-16H2,(H,33,35,38)(H,34,36,37). The number of anilines is 1. The average molecular weight is 558 g/mol. The Kier molecular flexibility index (Phi) is 8.98. The van der Waals surface area contributed by atoms with E-state index in [0.29, 0.717) is 30.0 Å². The quantitative estimate of drug-likeness (QED) is 0.313. The van der Waals surface area contributed by atoms with Gasteiger partial charge in [-0.1, -0.05) is 32.1 Å². The lowest BCUT2D eigenvalue weighted by molar-refractivity contribution is -0.137. The van der Waals surface area contributed by atoms with E-state index in [1.54, 1.807) is 0 Å². The number of nitrogens with one attached hydrogen (secondary N) is 2. The molecule has 2 N–H and O–H groups in total. The highest BCUT2D eigenvalue weighted by molar-refractivity contribution is 6.01. The molecule has 2 fully saturated rings. The number of aromatic nitrogens is 4. The first kappa shape index (κ1) is 28.1. The lowest BCUT2D eigenvalue weighted by Gasteiger charge is -2.22. The SMILES string of the molecule is O=C(Nc1cc(-c2cc(OCCC3CCOCC3)ccc2C(F)(F)F)ccn1)c1n[nH]c(CC2CCCCC2)n1. The Hall–Kier alpha value is -3.47. The molecule has 0 radical (unpaired) electrons. The van der Waals surface area contributed by atoms with E-state index in [9.17, 15) is 18.0 Å². The predicted molar refractivity (Wildman–Crippen MR) is 143 cm³/mol. The summed E-state index contributed by atoms with van der Waals surface area (Å²) in [6.45, 7) is 1.87. The van der Waals surface area contributed by atoms with Gasteiger partial charge in [-0.3, -0.25) is 9.89 Å². The number of carbonyl (C=O) groups is 1. The van der Waals surface area contributed by atoms with Gasteiger partial charge in [0.25, 0.3) is 5.91 Å². The number of nitrogens with zero attached hydrogens (tertiary/aromatic N) is 3. The fourth-order valence-electron chi connectivity index (χ4n) is 5.47. The highest BCUT2D eigenvalue weighted by atomic mass is 19.4. The van der Waals surface area contributed by atoms with Crippen LogP contribution in [0.2, 0.25) is 0 Å². The molecule has 11 heteroatoms. The highest BCUT2D eigenvalue weighted by Gasteiger charge is 2.34. The highest BCUT2D eigenvalue weighted by Crippen LogP contribution is 2.39. The molecular weight excluding hydrogens is 523 g/mol. The number of benzene rings is 1. The van der Waals surface area contributed by atoms with Gasteiger partial charge < -0.3 is 14.8 Å². The molecule has 1 amide bonds. The maximum atomic E-state index is 13.9. The third-order valence-corrected chi connectivity index (χ3v) is 7.69. The molecule has 0 atom stereocenters. The predicted octanol–water partition coefficient (Wildman–Crippen LogP) is 6.46. The Morgan fingerprint density at radius 3 is 2.62 bits per heavy atom. The summed E-state index contributed by atoms with van der Waals surface area (Å²) in [5.74, 6) is 1.50. The topological polar surface area (TPSA) is 102 Å². The Bertz CT molecular complexity index is 1280. The van der Waals surface area contributed by atoms with Gasteiger partial charge in [0.05, 0.1) is 12.2 Å². The second-order valence-electron chi connectivity index (χ2n) is 10.6. The monoisotopic (exact) mass is 557 g/mol. The summed E-state index contributed by atoms with van der Waals surface area (Å²) in [5.41, 5.74) is -0.601. The third-order valence-electron chi connectivity index (χ3n) is 7.69. The van der Waals surface area contributed by atoms with Crippen LogP contribution in [-0.4, -0.2) is 45.9 Å². The Labute approximate surface area is 231 Å². The minimum Gasteiger partial charge on any atom is -0.494 e. The maximum Gasteiger partial charge on any atom is 0.417 e. The zero-order chi connectivity index (χ0) is 28.0. The molecule has 1 aromatic carbocycles. The van der Waals surface area contributed by atoms with Crippen LogP contribution in [0.15, 0.2) is 36.5 Å². The van der Waals surface area contributed by atoms with E-state index in [1.807, 2.05) is 0 Å². The van der Waals surface area contributed by atoms with Crippen molar-refractivity contribution < 1.29 is 27.4 Å². The Morgan fingerprint density at radius 1 is 1.05 bits per heavy atom. The van der Waals surface area contributed by atoms with Crippen LogP contribution >= 0.6 is 0 Å². The summed E-state index contributed by atoms with van der Waals surface area (Å²) in [7, 11) is 0. The first-order chi connectivity index (χ1) is 19.3. The zero-order valence-electron chi connectivity index (χ0n) is 22.3. The van der Waals surface area contributed by atoms with Crippen molar-refractivity contribution in [2.45, 2.75) is 64.0 Å². The Balaban J connectivity index is 1.28. The van der Waals surface area contributed by atoms with Crippen molar-refractivity contribution in [1.82, 2.24) is 20.2 Å². The molecule has 1 saturated carbocycles. The maximum absolute atomic E-state index is 13.9. The fraction of sp³-hybridized carbons (Fsp3) is 0.517. The van der Waals surface area contributed by atoms with Gasteiger partial charge in [-0.2, -0.15) is 13.2 Å². The summed E-state index contributed by atoms with van der Waals surface area (Å²) < 4.78 is 52.9. The summed E-state index contributed by atoms with van der Waals surface area (Å²) in [5, 5.41) is 9.48. The van der Waals surface area contributed by atoms with Crippen molar-refractivity contribution in [3.05, 3.63) is 53.7 Å². The molecule has 8 nitrogen and oxygen atoms in total. The normalized spacial score (nSPS) is 17.1. The molecule has 3 aromatic rings. The molecule has 40 heavy (non-hydrogen) atoms. The molecule has 2 aromatic heterocycles. The number of H-pyrrole nitrogens is 1. The van der Waals surface area contributed by atoms with Gasteiger partial charge in [0.15, 0.2) is 0 Å². The molecule has 3 heterocycles. The number of ether oxygens (including phenoxy) is 2. The van der Waals surface area contributed by atoms with Crippen LogP contribution in [0.4, 0.5) is 19.0 Å². The molecule has 0 bridgehead atoms. The molecule has 1 saturated heterocycles. The van der Waals surface area contributed by atoms with E-state index in [-0.39, 0.29) is 22.8 Å². The third kappa shape index (κ3) is 7.38. The van der Waals surface area contributed by atoms with E-state index in [1.165, 1.54) is 49.7 Å². The fourth-order valence-corrected chi connectivity index (χ4v) is 5.47. The number of pyridine rings is 1. The van der Waals surface area contributed by atoms with Crippen LogP contribution in [0.5, 0.6) is 5.75 Å². The minimum absolute atomic E-state index is 0.0334. The summed E-state index contributed by atoms with van der Waals surface area (Å²) in [4.78, 5) is 21.2. The van der Waals surface area contributed by atoms with Crippen LogP contribution in [0.1, 0.15) is 73.4 Å². The van der Waals surface area contributed by atoms with Crippen LogP contribution < -0.4 is 10.1 Å². The van der Waals surface area contributed by atoms with Gasteiger partial charge in [0, 0.05) is 25.8 Å². The number of rotatable bonds is 9. The van der Waals surface area contributed by atoms with E-state index in [4.69, 9.17) is 9.47 Å². The van der Waals surface area contributed by atoms with Crippen LogP contribution in [-0.2, 0) is 17.3 Å². The van der Waals surface area contributed by atoms with Crippen molar-refractivity contribution in [3.8, 4) is 16.9 Å². The average Bonchev–Trinajstić information content (AvgIpc) is 3.42. The van der Waals surface area contributed by atoms with Gasteiger partial charge >= 0.3 is 6.18 Å². The van der Waals surface area contributed by atoms with E-state index >= 15 is 0 Å². The second kappa shape index (κ2) is 12.8. The molecule has 1 aliphatic carbocycles. The van der Waals surface area contributed by atoms with Crippen molar-refractivity contribution in [3.63, 3.8) is 0 Å². The second-order valence-corrected chi connectivity index (χ2v) is 10.6. The number of amides is 1. The summed E-state index contributed by atoms with van der Waals surface area (Å²) in [6.07, 6.45) is 6.20. The molecule has 0 unspecified atom stereocenters. The van der Waals surface area contributed by atoms with Gasteiger partial charge in [0.2, 0.25) is 5.82 Å². The summed E-state index contributed by atoms with van der Waals surface area (Å²) >= 11 is 0. The molecule has 0 spiro atoms. The smallest absolute Gasteiger partial charge is 0.417 e. The lowest BCUT2D eigenvalue weighted by atomic mass is 9.87. The molecule has 1 aliphatic heterocycles. The van der Waals surface area contributed by atoms with Gasteiger partial charge in [-0.05, 0) is 72.6 Å². The van der Waals surface area contributed by atoms with Crippen LogP contribution in [0.25, 0.3) is 11.1 Å². The van der Waals surface area contributed by atoms with Crippen molar-refractivity contribution in [2.24, 2.45) is 11.8 Å². The Morgan fingerprint density at radius 2 is 1.85 bits per heavy atom. The molecule has 2 aliphatic rings. The first-order valence-electron chi connectivity index (χ1n) is 14.0. The van der Waals surface area contributed by atoms with E-state index in [0.717, 1.165) is 57.8 Å². The summed E-state index contributed by atoms with van der Waals surface area (Å²) in [6, 6.07) is 6.64. The molecular formula is C29H34F3N5O3. The molecule has 214 valence electrons. The largest absolute Gasteiger partial charge is 0.494 e. The number of hydrogen-bond acceptors (Lipinski definition) is 6. The van der Waals surface area contributed by atoms with Crippen LogP contribution in [0, 0.1) is 11.8 Å².